The average Bonchev–Trinajstić information content (AvgIpc) is 2.82. The van der Waals surface area contributed by atoms with Gasteiger partial charge < -0.3 is 16.2 Å². The first-order valence-corrected chi connectivity index (χ1v) is 13.0. The summed E-state index contributed by atoms with van der Waals surface area (Å²) in [5.74, 6) is -3.69. The predicted octanol–water partition coefficient (Wildman–Crippen LogP) is -0.559. The number of hydrogen-bond donors (Lipinski definition) is 4. The number of nitrogens with zero attached hydrogens (tertiary/aromatic N) is 2. The maximum absolute atomic E-state index is 12.9. The fourth-order valence-corrected chi connectivity index (χ4v) is 6.25. The van der Waals surface area contributed by atoms with Crippen LogP contribution in [0.2, 0.25) is 0 Å². The number of carboxylic acid groups (broad SMARTS) is 1. The van der Waals surface area contributed by atoms with Gasteiger partial charge in [0.05, 0.1) is 0 Å². The average molecular weight is 534 g/mol. The fourth-order valence-electron chi connectivity index (χ4n) is 4.07. The molecule has 1 aromatic carbocycles. The number of pyridine rings is 1. The number of rotatable bonds is 8. The molecule has 0 spiro atoms. The van der Waals surface area contributed by atoms with Crippen LogP contribution in [0.15, 0.2) is 66.1 Å². The first-order valence-electron chi connectivity index (χ1n) is 10.5. The van der Waals surface area contributed by atoms with E-state index in [1.54, 1.807) is 29.1 Å². The number of nitrogens with two attached hydrogens (primary N) is 1. The van der Waals surface area contributed by atoms with Gasteiger partial charge in [-0.05, 0) is 17.7 Å². The zero-order valence-electron chi connectivity index (χ0n) is 18.5. The molecule has 0 aliphatic carbocycles. The van der Waals surface area contributed by atoms with Gasteiger partial charge in [0.15, 0.2) is 24.2 Å². The Bertz CT molecular complexity index is 1380. The number of amides is 3. The second-order valence-corrected chi connectivity index (χ2v) is 10.7. The van der Waals surface area contributed by atoms with Gasteiger partial charge >= 0.3 is 5.97 Å². The Balaban J connectivity index is 1.55. The first kappa shape index (κ1) is 25.3. The molecule has 12 nitrogen and oxygen atoms in total. The van der Waals surface area contributed by atoms with Crippen molar-refractivity contribution in [2.45, 2.75) is 23.2 Å². The number of carbonyl (C=O) groups is 4. The highest BCUT2D eigenvalue weighted by molar-refractivity contribution is 8.00. The lowest BCUT2D eigenvalue weighted by Crippen LogP contribution is -2.71. The second kappa shape index (κ2) is 9.72. The van der Waals surface area contributed by atoms with Crippen molar-refractivity contribution in [2.24, 2.45) is 5.73 Å². The SMILES string of the molecule is NC(=O)c1ccc(C(C(=O)N[C@@H]2C(=O)N3C(C(=O)O)=C(C[n+]4ccccc4)CS[C@H]23)S(=O)(=O)O)cc1. The topological polar surface area (TPSA) is 188 Å². The molecule has 5 N–H and O–H groups in total. The Hall–Kier alpha value is -3.75. The lowest BCUT2D eigenvalue weighted by Gasteiger charge is -2.49. The highest BCUT2D eigenvalue weighted by Gasteiger charge is 2.55. The predicted molar refractivity (Wildman–Crippen MR) is 126 cm³/mol. The number of hydrogen-bond acceptors (Lipinski definition) is 7. The van der Waals surface area contributed by atoms with E-state index in [-0.39, 0.29) is 29.1 Å². The minimum absolute atomic E-state index is 0.0640. The van der Waals surface area contributed by atoms with Gasteiger partial charge in [0, 0.05) is 29.0 Å². The van der Waals surface area contributed by atoms with Gasteiger partial charge in [-0.2, -0.15) is 8.42 Å². The van der Waals surface area contributed by atoms with Crippen LogP contribution in [0.1, 0.15) is 21.2 Å². The Kier molecular flexibility index (Phi) is 6.84. The monoisotopic (exact) mass is 533 g/mol. The molecule has 0 bridgehead atoms. The molecule has 4 rings (SSSR count). The van der Waals surface area contributed by atoms with E-state index in [0.717, 1.165) is 17.0 Å². The fraction of sp³-hybridized carbons (Fsp3) is 0.227. The van der Waals surface area contributed by atoms with Crippen molar-refractivity contribution in [1.29, 1.82) is 0 Å². The van der Waals surface area contributed by atoms with Crippen molar-refractivity contribution in [1.82, 2.24) is 10.2 Å². The highest BCUT2D eigenvalue weighted by Crippen LogP contribution is 2.40. The summed E-state index contributed by atoms with van der Waals surface area (Å²) in [6.07, 6.45) is 3.52. The lowest BCUT2D eigenvalue weighted by atomic mass is 10.0. The molecule has 1 aromatic heterocycles. The molecule has 3 atom stereocenters. The Morgan fingerprint density at radius 2 is 1.81 bits per heavy atom. The normalized spacial score (nSPS) is 20.2. The smallest absolute Gasteiger partial charge is 0.352 e. The summed E-state index contributed by atoms with van der Waals surface area (Å²) in [7, 11) is -4.96. The minimum atomic E-state index is -4.96. The molecule has 14 heteroatoms. The summed E-state index contributed by atoms with van der Waals surface area (Å²) in [6.45, 7) is 0.245. The van der Waals surface area contributed by atoms with Crippen molar-refractivity contribution in [3.05, 3.63) is 77.3 Å². The Morgan fingerprint density at radius 1 is 1.17 bits per heavy atom. The molecule has 0 radical (unpaired) electrons. The molecule has 3 amide bonds. The van der Waals surface area contributed by atoms with Crippen LogP contribution < -0.4 is 15.6 Å². The van der Waals surface area contributed by atoms with Gasteiger partial charge in [-0.25, -0.2) is 9.36 Å². The van der Waals surface area contributed by atoms with Crippen LogP contribution >= 0.6 is 11.8 Å². The number of carbonyl (C=O) groups excluding carboxylic acids is 3. The summed E-state index contributed by atoms with van der Waals surface area (Å²) in [4.78, 5) is 50.2. The lowest BCUT2D eigenvalue weighted by molar-refractivity contribution is -0.689. The molecular formula is C22H21N4O8S2+. The van der Waals surface area contributed by atoms with Gasteiger partial charge in [0.1, 0.15) is 17.1 Å². The van der Waals surface area contributed by atoms with Crippen molar-refractivity contribution < 1.29 is 41.8 Å². The van der Waals surface area contributed by atoms with Crippen molar-refractivity contribution >= 4 is 45.6 Å². The maximum atomic E-state index is 12.9. The van der Waals surface area contributed by atoms with Crippen molar-refractivity contribution in [3.8, 4) is 0 Å². The summed E-state index contributed by atoms with van der Waals surface area (Å²) >= 11 is 1.23. The molecule has 36 heavy (non-hydrogen) atoms. The number of benzene rings is 1. The summed E-state index contributed by atoms with van der Waals surface area (Å²) < 4.78 is 35.5. The maximum Gasteiger partial charge on any atom is 0.352 e. The standard InChI is InChI=1S/C22H20N4O8S2/c23-18(27)13-6-4-12(5-7-13)17(36(32,33)34)19(28)24-15-20(29)26-16(22(30)31)14(11-35-21(15)26)10-25-8-2-1-3-9-25/h1-9,15,17,21H,10-11H2,(H4-,23,24,27,28,30,31,32,33,34)/p+1/t15-,17?,21-/m1/s1. The van der Waals surface area contributed by atoms with E-state index in [2.05, 4.69) is 5.32 Å². The van der Waals surface area contributed by atoms with Crippen molar-refractivity contribution in [3.63, 3.8) is 0 Å². The van der Waals surface area contributed by atoms with E-state index in [9.17, 15) is 37.3 Å². The van der Waals surface area contributed by atoms with E-state index in [0.29, 0.717) is 5.57 Å². The van der Waals surface area contributed by atoms with Crippen LogP contribution in [0.5, 0.6) is 0 Å². The molecule has 3 heterocycles. The second-order valence-electron chi connectivity index (χ2n) is 8.08. The number of fused-ring (bicyclic) bond motifs is 1. The molecule has 0 saturated carbocycles. The number of primary amides is 1. The third-order valence-corrected chi connectivity index (χ3v) is 8.15. The van der Waals surface area contributed by atoms with Gasteiger partial charge in [0.2, 0.25) is 11.8 Å². The number of carboxylic acids is 1. The molecular weight excluding hydrogens is 512 g/mol. The van der Waals surface area contributed by atoms with Crippen LogP contribution in [0.3, 0.4) is 0 Å². The molecule has 1 saturated heterocycles. The number of nitrogens with one attached hydrogen (secondary N) is 1. The van der Waals surface area contributed by atoms with Crippen LogP contribution in [0, 0.1) is 0 Å². The van der Waals surface area contributed by atoms with E-state index < -0.39 is 50.5 Å². The zero-order valence-corrected chi connectivity index (χ0v) is 20.1. The van der Waals surface area contributed by atoms with Crippen molar-refractivity contribution in [2.75, 3.05) is 5.75 Å². The highest BCUT2D eigenvalue weighted by atomic mass is 32.2. The van der Waals surface area contributed by atoms with Gasteiger partial charge in [-0.15, -0.1) is 11.8 Å². The van der Waals surface area contributed by atoms with Gasteiger partial charge in [0.25, 0.3) is 16.0 Å². The molecule has 2 aromatic rings. The third kappa shape index (κ3) is 4.82. The summed E-state index contributed by atoms with van der Waals surface area (Å²) in [5, 5.41) is 9.28. The van der Waals surface area contributed by atoms with Crippen LogP contribution in [0.25, 0.3) is 0 Å². The molecule has 2 aliphatic heterocycles. The Labute approximate surface area is 209 Å². The quantitative estimate of drug-likeness (QED) is 0.196. The molecule has 2 aliphatic rings. The molecule has 1 fully saturated rings. The Morgan fingerprint density at radius 3 is 2.36 bits per heavy atom. The number of β-lactam (4-membered cyclic amide) rings is 1. The van der Waals surface area contributed by atoms with Crippen LogP contribution in [-0.4, -0.2) is 63.8 Å². The van der Waals surface area contributed by atoms with E-state index >= 15 is 0 Å². The van der Waals surface area contributed by atoms with Gasteiger partial charge in [-0.1, -0.05) is 18.2 Å². The number of aliphatic carboxylic acids is 1. The van der Waals surface area contributed by atoms with Gasteiger partial charge in [-0.3, -0.25) is 23.8 Å². The third-order valence-electron chi connectivity index (χ3n) is 5.73. The number of thioether (sulfide) groups is 1. The summed E-state index contributed by atoms with van der Waals surface area (Å²) in [6, 6.07) is 8.89. The zero-order chi connectivity index (χ0) is 26.2. The van der Waals surface area contributed by atoms with Crippen LogP contribution in [0.4, 0.5) is 0 Å². The first-order chi connectivity index (χ1) is 17.0. The largest absolute Gasteiger partial charge is 0.477 e. The van der Waals surface area contributed by atoms with E-state index in [1.165, 1.54) is 23.9 Å². The minimum Gasteiger partial charge on any atom is -0.477 e. The van der Waals surface area contributed by atoms with E-state index in [1.807, 2.05) is 6.07 Å². The van der Waals surface area contributed by atoms with E-state index in [4.69, 9.17) is 5.73 Å². The molecule has 188 valence electrons. The summed E-state index contributed by atoms with van der Waals surface area (Å²) in [5.41, 5.74) is 5.40. The molecule has 1 unspecified atom stereocenters. The van der Waals surface area contributed by atoms with Crippen LogP contribution in [-0.2, 0) is 31.0 Å². The number of aromatic nitrogens is 1.